The summed E-state index contributed by atoms with van der Waals surface area (Å²) < 4.78 is 0. The zero-order valence-electron chi connectivity index (χ0n) is 9.41. The molecule has 0 bridgehead atoms. The van der Waals surface area contributed by atoms with Crippen LogP contribution in [0.1, 0.15) is 11.1 Å². The summed E-state index contributed by atoms with van der Waals surface area (Å²) in [7, 11) is 0. The molecule has 0 saturated carbocycles. The molecule has 0 amide bonds. The van der Waals surface area contributed by atoms with Crippen molar-refractivity contribution < 1.29 is 18.9 Å². The van der Waals surface area contributed by atoms with Crippen molar-refractivity contribution in [2.75, 3.05) is 0 Å². The summed E-state index contributed by atoms with van der Waals surface area (Å²) in [5.41, 5.74) is 4.85. The molecular formula is C14H12BrLi. The van der Waals surface area contributed by atoms with Gasteiger partial charge in [-0.1, -0.05) is 51.8 Å². The molecule has 0 aliphatic rings. The molecule has 0 heterocycles. The Morgan fingerprint density at radius 3 is 2.06 bits per heavy atom. The van der Waals surface area contributed by atoms with Crippen LogP contribution in [-0.4, -0.2) is 0 Å². The second-order valence-electron chi connectivity index (χ2n) is 3.45. The first-order valence-corrected chi connectivity index (χ1v) is 6.00. The van der Waals surface area contributed by atoms with Crippen LogP contribution in [0, 0.1) is 6.92 Å². The van der Waals surface area contributed by atoms with E-state index >= 15 is 0 Å². The number of halogens is 1. The smallest absolute Gasteiger partial charge is 0.198 e. The van der Waals surface area contributed by atoms with Crippen LogP contribution in [0.4, 0.5) is 0 Å². The second-order valence-corrected chi connectivity index (χ2v) is 4.01. The van der Waals surface area contributed by atoms with Crippen molar-refractivity contribution in [2.24, 2.45) is 0 Å². The van der Waals surface area contributed by atoms with Gasteiger partial charge in [0, 0.05) is 5.33 Å². The van der Waals surface area contributed by atoms with Gasteiger partial charge < -0.3 is 0 Å². The standard InChI is InChI=1S/C14H12Br.Li/c1-11-6-2-4-8-13(11)14-9-5-3-7-12(14)10-15;/h2-9H,1,10H2;/q-1;+1. The fourth-order valence-electron chi connectivity index (χ4n) is 1.68. The van der Waals surface area contributed by atoms with Crippen molar-refractivity contribution in [1.29, 1.82) is 0 Å². The van der Waals surface area contributed by atoms with Crippen molar-refractivity contribution in [3.8, 4) is 11.1 Å². The van der Waals surface area contributed by atoms with Crippen molar-refractivity contribution in [3.63, 3.8) is 0 Å². The summed E-state index contributed by atoms with van der Waals surface area (Å²) in [6.45, 7) is 4.06. The second kappa shape index (κ2) is 6.20. The summed E-state index contributed by atoms with van der Waals surface area (Å²) >= 11 is 3.51. The maximum Gasteiger partial charge on any atom is 1.00 e. The van der Waals surface area contributed by atoms with Crippen LogP contribution in [0.15, 0.2) is 48.5 Å². The zero-order chi connectivity index (χ0) is 10.7. The van der Waals surface area contributed by atoms with E-state index in [1.54, 1.807) is 0 Å². The topological polar surface area (TPSA) is 0 Å². The molecular weight excluding hydrogens is 255 g/mol. The summed E-state index contributed by atoms with van der Waals surface area (Å²) in [6.07, 6.45) is 0. The summed E-state index contributed by atoms with van der Waals surface area (Å²) in [5.74, 6) is 0. The van der Waals surface area contributed by atoms with Gasteiger partial charge in [0.2, 0.25) is 0 Å². The van der Waals surface area contributed by atoms with Crippen molar-refractivity contribution in [1.82, 2.24) is 0 Å². The Balaban J connectivity index is 0.00000128. The number of hydrogen-bond acceptors (Lipinski definition) is 0. The first kappa shape index (κ1) is 13.5. The molecule has 0 aromatic heterocycles. The van der Waals surface area contributed by atoms with E-state index in [1.165, 1.54) is 16.7 Å². The average molecular weight is 267 g/mol. The molecule has 0 spiro atoms. The quantitative estimate of drug-likeness (QED) is 0.439. The molecule has 2 aromatic carbocycles. The van der Waals surface area contributed by atoms with Crippen LogP contribution in [-0.2, 0) is 5.33 Å². The van der Waals surface area contributed by atoms with Gasteiger partial charge in [-0.15, -0.1) is 17.7 Å². The third-order valence-electron chi connectivity index (χ3n) is 2.47. The largest absolute Gasteiger partial charge is 1.00 e. The minimum absolute atomic E-state index is 0. The van der Waals surface area contributed by atoms with Gasteiger partial charge in [0.1, 0.15) is 0 Å². The average Bonchev–Trinajstić information content (AvgIpc) is 2.30. The van der Waals surface area contributed by atoms with Crippen LogP contribution in [0.5, 0.6) is 0 Å². The Morgan fingerprint density at radius 2 is 1.44 bits per heavy atom. The molecule has 0 N–H and O–H groups in total. The number of hydrogen-bond donors (Lipinski definition) is 0. The summed E-state index contributed by atoms with van der Waals surface area (Å²) in [5, 5.41) is 0.873. The van der Waals surface area contributed by atoms with Gasteiger partial charge in [-0.05, 0) is 5.56 Å². The monoisotopic (exact) mass is 266 g/mol. The van der Waals surface area contributed by atoms with E-state index < -0.39 is 0 Å². The minimum Gasteiger partial charge on any atom is -0.198 e. The fraction of sp³-hybridized carbons (Fsp3) is 0.0714. The maximum absolute atomic E-state index is 4.06. The van der Waals surface area contributed by atoms with Crippen LogP contribution < -0.4 is 18.9 Å². The van der Waals surface area contributed by atoms with Gasteiger partial charge in [-0.3, -0.25) is 0 Å². The predicted molar refractivity (Wildman–Crippen MR) is 69.0 cm³/mol. The van der Waals surface area contributed by atoms with Crippen LogP contribution >= 0.6 is 15.9 Å². The van der Waals surface area contributed by atoms with E-state index in [4.69, 9.17) is 0 Å². The Morgan fingerprint density at radius 1 is 0.875 bits per heavy atom. The molecule has 0 aliphatic heterocycles. The minimum atomic E-state index is 0. The first-order chi connectivity index (χ1) is 7.33. The van der Waals surface area contributed by atoms with Crippen molar-refractivity contribution >= 4 is 15.9 Å². The molecule has 0 atom stereocenters. The molecule has 76 valence electrons. The molecule has 16 heavy (non-hydrogen) atoms. The van der Waals surface area contributed by atoms with Gasteiger partial charge in [-0.25, -0.2) is 0 Å². The van der Waals surface area contributed by atoms with E-state index in [-0.39, 0.29) is 18.9 Å². The Bertz CT molecular complexity index is 466. The fourth-order valence-corrected chi connectivity index (χ4v) is 2.17. The molecule has 0 radical (unpaired) electrons. The normalized spacial score (nSPS) is 9.56. The van der Waals surface area contributed by atoms with Gasteiger partial charge in [0.25, 0.3) is 0 Å². The van der Waals surface area contributed by atoms with Crippen LogP contribution in [0.25, 0.3) is 11.1 Å². The van der Waals surface area contributed by atoms with Gasteiger partial charge >= 0.3 is 18.9 Å². The number of alkyl halides is 1. The van der Waals surface area contributed by atoms with Crippen LogP contribution in [0.2, 0.25) is 0 Å². The SMILES string of the molecule is [CH2-]c1ccccc1-c1ccccc1CBr.[Li+]. The van der Waals surface area contributed by atoms with Crippen LogP contribution in [0.3, 0.4) is 0 Å². The Hall–Kier alpha value is -0.613. The predicted octanol–water partition coefficient (Wildman–Crippen LogP) is 1.43. The van der Waals surface area contributed by atoms with Gasteiger partial charge in [0.15, 0.2) is 0 Å². The van der Waals surface area contributed by atoms with Gasteiger partial charge in [0.05, 0.1) is 0 Å². The molecule has 0 unspecified atom stereocenters. The molecule has 0 fully saturated rings. The van der Waals surface area contributed by atoms with E-state index in [9.17, 15) is 0 Å². The number of benzene rings is 2. The zero-order valence-corrected chi connectivity index (χ0v) is 11.0. The first-order valence-electron chi connectivity index (χ1n) is 4.88. The molecule has 2 heteroatoms. The number of rotatable bonds is 2. The molecule has 0 nitrogen and oxygen atoms in total. The van der Waals surface area contributed by atoms with Crippen molar-refractivity contribution in [3.05, 3.63) is 66.6 Å². The summed E-state index contributed by atoms with van der Waals surface area (Å²) in [4.78, 5) is 0. The van der Waals surface area contributed by atoms with E-state index in [2.05, 4.69) is 59.3 Å². The Labute approximate surface area is 117 Å². The molecule has 0 aliphatic carbocycles. The third kappa shape index (κ3) is 2.74. The maximum atomic E-state index is 4.06. The van der Waals surface area contributed by atoms with Gasteiger partial charge in [-0.2, -0.15) is 18.6 Å². The molecule has 2 rings (SSSR count). The molecule has 0 saturated heterocycles. The van der Waals surface area contributed by atoms with E-state index in [0.717, 1.165) is 10.9 Å². The van der Waals surface area contributed by atoms with E-state index in [0.29, 0.717) is 0 Å². The molecule has 2 aromatic rings. The van der Waals surface area contributed by atoms with E-state index in [1.807, 2.05) is 12.1 Å². The van der Waals surface area contributed by atoms with Crippen molar-refractivity contribution in [2.45, 2.75) is 5.33 Å². The summed E-state index contributed by atoms with van der Waals surface area (Å²) in [6, 6.07) is 16.6. The Kier molecular flexibility index (Phi) is 5.22. The third-order valence-corrected chi connectivity index (χ3v) is 3.07.